The molecule has 2 N–H and O–H groups in total. The minimum absolute atomic E-state index is 0.313. The van der Waals surface area contributed by atoms with Crippen molar-refractivity contribution >= 4 is 22.9 Å². The summed E-state index contributed by atoms with van der Waals surface area (Å²) in [6.07, 6.45) is 2.07. The van der Waals surface area contributed by atoms with Gasteiger partial charge in [0.2, 0.25) is 0 Å². The van der Waals surface area contributed by atoms with Gasteiger partial charge in [-0.15, -0.1) is 11.3 Å². The molecule has 0 amide bonds. The van der Waals surface area contributed by atoms with Crippen molar-refractivity contribution in [2.24, 2.45) is 0 Å². The van der Waals surface area contributed by atoms with Gasteiger partial charge in [-0.25, -0.2) is 0 Å². The van der Waals surface area contributed by atoms with Crippen LogP contribution >= 0.6 is 22.9 Å². The maximum atomic E-state index is 9.26. The van der Waals surface area contributed by atoms with E-state index < -0.39 is 0 Å². The Labute approximate surface area is 129 Å². The lowest BCUT2D eigenvalue weighted by atomic mass is 10.0. The minimum Gasteiger partial charge on any atom is -0.508 e. The van der Waals surface area contributed by atoms with E-state index in [0.717, 1.165) is 17.2 Å². The number of thiophene rings is 1. The van der Waals surface area contributed by atoms with E-state index in [0.29, 0.717) is 17.8 Å². The van der Waals surface area contributed by atoms with E-state index in [1.165, 1.54) is 11.1 Å². The molecule has 0 radical (unpaired) electrons. The summed E-state index contributed by atoms with van der Waals surface area (Å²) in [4.78, 5) is 0. The molecule has 0 aliphatic heterocycles. The van der Waals surface area contributed by atoms with Crippen LogP contribution in [0.25, 0.3) is 0 Å². The highest BCUT2D eigenvalue weighted by molar-refractivity contribution is 7.14. The number of halogens is 1. The zero-order valence-electron chi connectivity index (χ0n) is 11.8. The molecule has 0 spiro atoms. The van der Waals surface area contributed by atoms with Crippen LogP contribution in [0.1, 0.15) is 37.4 Å². The lowest BCUT2D eigenvalue weighted by molar-refractivity contribution is 0.456. The molecule has 1 heterocycles. The van der Waals surface area contributed by atoms with Crippen molar-refractivity contribution in [2.75, 3.05) is 0 Å². The number of aromatic hydroxyl groups is 1. The molecular formula is C16H20ClNOS. The van der Waals surface area contributed by atoms with Crippen LogP contribution in [0.4, 0.5) is 0 Å². The van der Waals surface area contributed by atoms with Crippen LogP contribution in [-0.2, 0) is 6.42 Å². The third kappa shape index (κ3) is 4.51. The molecule has 2 rings (SSSR count). The number of nitrogens with one attached hydrogen (secondary N) is 1. The Bertz CT molecular complexity index is 538. The smallest absolute Gasteiger partial charge is 0.115 e. The standard InChI is InChI=1S/C16H20ClNOS/c1-11(3-4-13-5-7-15(19)8-6-13)18-12(2)14-9-16(17)20-10-14/h5-12,18-19H,3-4H2,1-2H3. The van der Waals surface area contributed by atoms with Crippen LogP contribution in [0, 0.1) is 0 Å². The molecule has 0 fully saturated rings. The highest BCUT2D eigenvalue weighted by Crippen LogP contribution is 2.25. The predicted molar refractivity (Wildman–Crippen MR) is 86.8 cm³/mol. The fraction of sp³-hybridized carbons (Fsp3) is 0.375. The normalized spacial score (nSPS) is 14.2. The summed E-state index contributed by atoms with van der Waals surface area (Å²) in [5.74, 6) is 0.322. The monoisotopic (exact) mass is 309 g/mol. The Morgan fingerprint density at radius 2 is 1.95 bits per heavy atom. The molecule has 0 aliphatic carbocycles. The quantitative estimate of drug-likeness (QED) is 0.805. The fourth-order valence-corrected chi connectivity index (χ4v) is 3.19. The number of hydrogen-bond acceptors (Lipinski definition) is 3. The van der Waals surface area contributed by atoms with E-state index in [1.54, 1.807) is 23.5 Å². The Kier molecular flexibility index (Phi) is 5.46. The van der Waals surface area contributed by atoms with Gasteiger partial charge in [0.15, 0.2) is 0 Å². The summed E-state index contributed by atoms with van der Waals surface area (Å²) >= 11 is 7.54. The van der Waals surface area contributed by atoms with Crippen molar-refractivity contribution in [2.45, 2.75) is 38.8 Å². The Morgan fingerprint density at radius 3 is 2.55 bits per heavy atom. The van der Waals surface area contributed by atoms with Gasteiger partial charge in [-0.05, 0) is 61.4 Å². The van der Waals surface area contributed by atoms with Gasteiger partial charge in [0.05, 0.1) is 4.34 Å². The topological polar surface area (TPSA) is 32.3 Å². The largest absolute Gasteiger partial charge is 0.508 e. The summed E-state index contributed by atoms with van der Waals surface area (Å²) in [5.41, 5.74) is 2.50. The second-order valence-corrected chi connectivity index (χ2v) is 6.72. The van der Waals surface area contributed by atoms with E-state index in [-0.39, 0.29) is 0 Å². The number of rotatable bonds is 6. The van der Waals surface area contributed by atoms with Crippen molar-refractivity contribution < 1.29 is 5.11 Å². The second kappa shape index (κ2) is 7.11. The SMILES string of the molecule is CC(CCc1ccc(O)cc1)NC(C)c1csc(Cl)c1. The molecule has 2 unspecified atom stereocenters. The number of phenols is 1. The summed E-state index contributed by atoms with van der Waals surface area (Å²) in [6.45, 7) is 4.36. The third-order valence-electron chi connectivity index (χ3n) is 3.42. The average Bonchev–Trinajstić information content (AvgIpc) is 2.85. The molecule has 2 aromatic rings. The van der Waals surface area contributed by atoms with Crippen molar-refractivity contribution in [3.8, 4) is 5.75 Å². The third-order valence-corrected chi connectivity index (χ3v) is 4.53. The van der Waals surface area contributed by atoms with Crippen LogP contribution in [0.15, 0.2) is 35.7 Å². The molecule has 1 aromatic carbocycles. The van der Waals surface area contributed by atoms with Gasteiger partial charge in [0.1, 0.15) is 5.75 Å². The molecular weight excluding hydrogens is 290 g/mol. The van der Waals surface area contributed by atoms with Crippen molar-refractivity contribution in [1.29, 1.82) is 0 Å². The van der Waals surface area contributed by atoms with Gasteiger partial charge in [-0.2, -0.15) is 0 Å². The number of benzene rings is 1. The van der Waals surface area contributed by atoms with Gasteiger partial charge in [0.25, 0.3) is 0 Å². The van der Waals surface area contributed by atoms with Gasteiger partial charge >= 0.3 is 0 Å². The highest BCUT2D eigenvalue weighted by Gasteiger charge is 2.11. The molecule has 0 aliphatic rings. The Hall–Kier alpha value is -1.03. The summed E-state index contributed by atoms with van der Waals surface area (Å²) in [7, 11) is 0. The summed E-state index contributed by atoms with van der Waals surface area (Å²) in [6, 6.07) is 10.2. The fourth-order valence-electron chi connectivity index (χ4n) is 2.20. The summed E-state index contributed by atoms with van der Waals surface area (Å²) in [5, 5.41) is 15.0. The highest BCUT2D eigenvalue weighted by atomic mass is 35.5. The lowest BCUT2D eigenvalue weighted by Crippen LogP contribution is -2.29. The van der Waals surface area contributed by atoms with E-state index in [4.69, 9.17) is 11.6 Å². The maximum Gasteiger partial charge on any atom is 0.115 e. The van der Waals surface area contributed by atoms with E-state index in [2.05, 4.69) is 24.5 Å². The van der Waals surface area contributed by atoms with Crippen LogP contribution < -0.4 is 5.32 Å². The predicted octanol–water partition coefficient (Wildman–Crippen LogP) is 4.78. The van der Waals surface area contributed by atoms with E-state index in [1.807, 2.05) is 18.2 Å². The van der Waals surface area contributed by atoms with Crippen LogP contribution in [-0.4, -0.2) is 11.1 Å². The first-order valence-electron chi connectivity index (χ1n) is 6.82. The maximum absolute atomic E-state index is 9.26. The van der Waals surface area contributed by atoms with Crippen molar-refractivity contribution in [1.82, 2.24) is 5.32 Å². The Morgan fingerprint density at radius 1 is 1.25 bits per heavy atom. The first kappa shape index (κ1) is 15.4. The molecule has 0 saturated carbocycles. The zero-order valence-corrected chi connectivity index (χ0v) is 13.3. The minimum atomic E-state index is 0.313. The van der Waals surface area contributed by atoms with Gasteiger partial charge in [-0.3, -0.25) is 0 Å². The molecule has 4 heteroatoms. The molecule has 2 nitrogen and oxygen atoms in total. The number of hydrogen-bond donors (Lipinski definition) is 2. The average molecular weight is 310 g/mol. The van der Waals surface area contributed by atoms with Gasteiger partial charge < -0.3 is 10.4 Å². The second-order valence-electron chi connectivity index (χ2n) is 5.18. The molecule has 0 bridgehead atoms. The first-order chi connectivity index (χ1) is 9.54. The number of phenolic OH excluding ortho intramolecular Hbond substituents is 1. The van der Waals surface area contributed by atoms with Gasteiger partial charge in [-0.1, -0.05) is 23.7 Å². The van der Waals surface area contributed by atoms with Crippen LogP contribution in [0.2, 0.25) is 4.34 Å². The molecule has 1 aromatic heterocycles. The molecule has 20 heavy (non-hydrogen) atoms. The van der Waals surface area contributed by atoms with E-state index >= 15 is 0 Å². The molecule has 2 atom stereocenters. The zero-order chi connectivity index (χ0) is 14.5. The van der Waals surface area contributed by atoms with E-state index in [9.17, 15) is 5.11 Å². The van der Waals surface area contributed by atoms with Crippen LogP contribution in [0.5, 0.6) is 5.75 Å². The Balaban J connectivity index is 1.80. The van der Waals surface area contributed by atoms with Gasteiger partial charge in [0, 0.05) is 12.1 Å². The van der Waals surface area contributed by atoms with Crippen molar-refractivity contribution in [3.05, 3.63) is 51.2 Å². The van der Waals surface area contributed by atoms with Crippen molar-refractivity contribution in [3.63, 3.8) is 0 Å². The first-order valence-corrected chi connectivity index (χ1v) is 8.08. The molecule has 0 saturated heterocycles. The molecule has 108 valence electrons. The summed E-state index contributed by atoms with van der Waals surface area (Å²) < 4.78 is 0.838. The lowest BCUT2D eigenvalue weighted by Gasteiger charge is -2.19. The van der Waals surface area contributed by atoms with Crippen LogP contribution in [0.3, 0.4) is 0 Å². The number of aryl methyl sites for hydroxylation is 1.